The second-order valence-corrected chi connectivity index (χ2v) is 5.86. The molecule has 1 aromatic rings. The Morgan fingerprint density at radius 2 is 2.30 bits per heavy atom. The molecule has 1 aromatic heterocycles. The number of nitrogens with one attached hydrogen (secondary N) is 1. The van der Waals surface area contributed by atoms with E-state index < -0.39 is 5.91 Å². The largest absolute Gasteiger partial charge is 0.368 e. The van der Waals surface area contributed by atoms with Crippen LogP contribution in [-0.2, 0) is 0 Å². The van der Waals surface area contributed by atoms with Gasteiger partial charge in [-0.15, -0.1) is 0 Å². The van der Waals surface area contributed by atoms with Gasteiger partial charge in [-0.25, -0.2) is 0 Å². The quantitative estimate of drug-likeness (QED) is 0.845. The summed E-state index contributed by atoms with van der Waals surface area (Å²) in [7, 11) is 0. The van der Waals surface area contributed by atoms with E-state index in [9.17, 15) is 4.79 Å². The normalized spacial score (nSPS) is 22.5. The SMILES string of the molecule is NC(=O)c1cc(N(CC2CCCNC2)C2CC2)ccn1. The molecule has 1 aliphatic heterocycles. The van der Waals surface area contributed by atoms with E-state index in [0.717, 1.165) is 25.3 Å². The van der Waals surface area contributed by atoms with Crippen molar-refractivity contribution in [1.29, 1.82) is 0 Å². The second kappa shape index (κ2) is 5.79. The molecule has 1 aliphatic carbocycles. The van der Waals surface area contributed by atoms with E-state index in [1.165, 1.54) is 25.7 Å². The number of pyridine rings is 1. The Kier molecular flexibility index (Phi) is 3.87. The molecule has 1 saturated heterocycles. The topological polar surface area (TPSA) is 71.2 Å². The van der Waals surface area contributed by atoms with Crippen molar-refractivity contribution >= 4 is 11.6 Å². The minimum absolute atomic E-state index is 0.356. The van der Waals surface area contributed by atoms with Crippen LogP contribution in [0.5, 0.6) is 0 Å². The molecule has 2 fully saturated rings. The van der Waals surface area contributed by atoms with E-state index in [1.54, 1.807) is 6.20 Å². The molecule has 3 rings (SSSR count). The molecule has 1 amide bonds. The van der Waals surface area contributed by atoms with Crippen molar-refractivity contribution in [2.24, 2.45) is 11.7 Å². The van der Waals surface area contributed by atoms with Gasteiger partial charge in [0.25, 0.3) is 5.91 Å². The van der Waals surface area contributed by atoms with Crippen LogP contribution in [0.2, 0.25) is 0 Å². The van der Waals surface area contributed by atoms with Crippen LogP contribution in [0.3, 0.4) is 0 Å². The van der Waals surface area contributed by atoms with Gasteiger partial charge in [0.15, 0.2) is 0 Å². The van der Waals surface area contributed by atoms with Crippen LogP contribution >= 0.6 is 0 Å². The summed E-state index contributed by atoms with van der Waals surface area (Å²) in [5, 5.41) is 3.47. The number of hydrogen-bond acceptors (Lipinski definition) is 4. The first kappa shape index (κ1) is 13.4. The Hall–Kier alpha value is -1.62. The predicted molar refractivity (Wildman–Crippen MR) is 78.7 cm³/mol. The van der Waals surface area contributed by atoms with Gasteiger partial charge in [-0.05, 0) is 56.8 Å². The highest BCUT2D eigenvalue weighted by Gasteiger charge is 2.31. The Bertz CT molecular complexity index is 481. The number of hydrogen-bond donors (Lipinski definition) is 2. The summed E-state index contributed by atoms with van der Waals surface area (Å²) in [4.78, 5) is 17.8. The highest BCUT2D eigenvalue weighted by Crippen LogP contribution is 2.33. The summed E-state index contributed by atoms with van der Waals surface area (Å²) in [5.41, 5.74) is 6.77. The van der Waals surface area contributed by atoms with Gasteiger partial charge in [-0.3, -0.25) is 9.78 Å². The first-order chi connectivity index (χ1) is 9.74. The Balaban J connectivity index is 1.75. The molecule has 5 nitrogen and oxygen atoms in total. The van der Waals surface area contributed by atoms with Crippen molar-refractivity contribution in [2.45, 2.75) is 31.7 Å². The molecular weight excluding hydrogens is 252 g/mol. The molecule has 108 valence electrons. The van der Waals surface area contributed by atoms with Gasteiger partial charge < -0.3 is 16.0 Å². The van der Waals surface area contributed by atoms with E-state index >= 15 is 0 Å². The standard InChI is InChI=1S/C15H22N4O/c16-15(20)14-8-13(5-7-18-14)19(12-3-4-12)10-11-2-1-6-17-9-11/h5,7-8,11-12,17H,1-4,6,9-10H2,(H2,16,20). The molecule has 0 bridgehead atoms. The third-order valence-corrected chi connectivity index (χ3v) is 4.17. The highest BCUT2D eigenvalue weighted by molar-refractivity contribution is 5.91. The number of anilines is 1. The molecule has 0 aromatic carbocycles. The molecule has 20 heavy (non-hydrogen) atoms. The summed E-state index contributed by atoms with van der Waals surface area (Å²) in [5.74, 6) is 0.233. The van der Waals surface area contributed by atoms with Crippen LogP contribution in [0.4, 0.5) is 5.69 Å². The van der Waals surface area contributed by atoms with Crippen molar-refractivity contribution in [3.8, 4) is 0 Å². The van der Waals surface area contributed by atoms with Gasteiger partial charge >= 0.3 is 0 Å². The Morgan fingerprint density at radius 1 is 1.45 bits per heavy atom. The highest BCUT2D eigenvalue weighted by atomic mass is 16.1. The fourth-order valence-electron chi connectivity index (χ4n) is 2.94. The summed E-state index contributed by atoms with van der Waals surface area (Å²) in [6.07, 6.45) is 6.71. The van der Waals surface area contributed by atoms with Crippen LogP contribution in [0.15, 0.2) is 18.3 Å². The molecular formula is C15H22N4O. The number of rotatable bonds is 5. The van der Waals surface area contributed by atoms with Crippen LogP contribution in [0.25, 0.3) is 0 Å². The van der Waals surface area contributed by atoms with Gasteiger partial charge in [-0.1, -0.05) is 0 Å². The molecule has 2 aliphatic rings. The van der Waals surface area contributed by atoms with Gasteiger partial charge in [0.2, 0.25) is 0 Å². The van der Waals surface area contributed by atoms with Crippen LogP contribution in [0.1, 0.15) is 36.2 Å². The predicted octanol–water partition coefficient (Wildman–Crippen LogP) is 1.15. The van der Waals surface area contributed by atoms with E-state index in [4.69, 9.17) is 5.73 Å². The zero-order valence-electron chi connectivity index (χ0n) is 11.7. The minimum atomic E-state index is -0.457. The number of nitrogens with two attached hydrogens (primary N) is 1. The lowest BCUT2D eigenvalue weighted by atomic mass is 9.98. The lowest BCUT2D eigenvalue weighted by Gasteiger charge is -2.32. The molecule has 2 heterocycles. The minimum Gasteiger partial charge on any atom is -0.368 e. The van der Waals surface area contributed by atoms with E-state index in [2.05, 4.69) is 15.2 Å². The number of piperidine rings is 1. The first-order valence-corrected chi connectivity index (χ1v) is 7.47. The second-order valence-electron chi connectivity index (χ2n) is 5.86. The molecule has 0 spiro atoms. The number of carbonyl (C=O) groups excluding carboxylic acids is 1. The molecule has 5 heteroatoms. The fourth-order valence-corrected chi connectivity index (χ4v) is 2.94. The maximum atomic E-state index is 11.3. The summed E-state index contributed by atoms with van der Waals surface area (Å²) < 4.78 is 0. The molecule has 3 N–H and O–H groups in total. The smallest absolute Gasteiger partial charge is 0.267 e. The lowest BCUT2D eigenvalue weighted by molar-refractivity contribution is 0.0995. The zero-order chi connectivity index (χ0) is 13.9. The maximum absolute atomic E-state index is 11.3. The van der Waals surface area contributed by atoms with Crippen molar-refractivity contribution in [2.75, 3.05) is 24.5 Å². The number of primary amides is 1. The van der Waals surface area contributed by atoms with Crippen LogP contribution < -0.4 is 16.0 Å². The Morgan fingerprint density at radius 3 is 2.95 bits per heavy atom. The summed E-state index contributed by atoms with van der Waals surface area (Å²) in [6, 6.07) is 4.44. The monoisotopic (exact) mass is 274 g/mol. The third kappa shape index (κ3) is 3.10. The maximum Gasteiger partial charge on any atom is 0.267 e. The fraction of sp³-hybridized carbons (Fsp3) is 0.600. The zero-order valence-corrected chi connectivity index (χ0v) is 11.7. The van der Waals surface area contributed by atoms with Crippen molar-refractivity contribution < 1.29 is 4.79 Å². The summed E-state index contributed by atoms with van der Waals surface area (Å²) in [6.45, 7) is 3.29. The van der Waals surface area contributed by atoms with Crippen molar-refractivity contribution in [3.63, 3.8) is 0 Å². The van der Waals surface area contributed by atoms with Crippen LogP contribution in [-0.4, -0.2) is 36.6 Å². The molecule has 1 unspecified atom stereocenters. The number of amides is 1. The van der Waals surface area contributed by atoms with Gasteiger partial charge in [0.05, 0.1) is 0 Å². The lowest BCUT2D eigenvalue weighted by Crippen LogP contribution is -2.39. The molecule has 1 atom stereocenters. The van der Waals surface area contributed by atoms with Gasteiger partial charge in [-0.2, -0.15) is 0 Å². The van der Waals surface area contributed by atoms with E-state index in [1.807, 2.05) is 12.1 Å². The average Bonchev–Trinajstić information content (AvgIpc) is 3.30. The van der Waals surface area contributed by atoms with E-state index in [0.29, 0.717) is 17.7 Å². The average molecular weight is 274 g/mol. The first-order valence-electron chi connectivity index (χ1n) is 7.47. The van der Waals surface area contributed by atoms with Crippen LogP contribution in [0, 0.1) is 5.92 Å². The number of aromatic nitrogens is 1. The molecule has 1 saturated carbocycles. The third-order valence-electron chi connectivity index (χ3n) is 4.17. The van der Waals surface area contributed by atoms with Crippen molar-refractivity contribution in [3.05, 3.63) is 24.0 Å². The number of carbonyl (C=O) groups is 1. The van der Waals surface area contributed by atoms with Gasteiger partial charge in [0.1, 0.15) is 5.69 Å². The Labute approximate surface area is 119 Å². The van der Waals surface area contributed by atoms with E-state index in [-0.39, 0.29) is 0 Å². The summed E-state index contributed by atoms with van der Waals surface area (Å²) >= 11 is 0. The number of nitrogens with zero attached hydrogens (tertiary/aromatic N) is 2. The van der Waals surface area contributed by atoms with Gasteiger partial charge in [0, 0.05) is 24.5 Å². The molecule has 0 radical (unpaired) electrons. The van der Waals surface area contributed by atoms with Crippen molar-refractivity contribution in [1.82, 2.24) is 10.3 Å².